The van der Waals surface area contributed by atoms with Crippen LogP contribution in [0.25, 0.3) is 39.2 Å². The Morgan fingerprint density at radius 2 is 1.39 bits per heavy atom. The summed E-state index contributed by atoms with van der Waals surface area (Å²) in [6.07, 6.45) is 0. The molecule has 0 spiro atoms. The number of hydrogen-bond donors (Lipinski definition) is 0. The number of hydrogen-bond acceptors (Lipinski definition) is 2. The Morgan fingerprint density at radius 3 is 2.10 bits per heavy atom. The molecule has 2 aromatic heterocycles. The Labute approximate surface area is 202 Å². The third kappa shape index (κ3) is 3.97. The van der Waals surface area contributed by atoms with Crippen molar-refractivity contribution in [2.24, 2.45) is 0 Å². The van der Waals surface area contributed by atoms with E-state index in [1.807, 2.05) is 71.4 Å². The van der Waals surface area contributed by atoms with Crippen LogP contribution in [0.5, 0.6) is 0 Å². The molecule has 31 heavy (non-hydrogen) atoms. The highest BCUT2D eigenvalue weighted by Gasteiger charge is 2.18. The van der Waals surface area contributed by atoms with Crippen molar-refractivity contribution in [3.05, 3.63) is 98.4 Å². The Morgan fingerprint density at radius 1 is 0.710 bits per heavy atom. The molecular weight excluding hydrogens is 517 g/mol. The van der Waals surface area contributed by atoms with Gasteiger partial charge in [0.25, 0.3) is 0 Å². The van der Waals surface area contributed by atoms with Crippen LogP contribution in [0.3, 0.4) is 0 Å². The minimum absolute atomic E-state index is 0.503. The Hall–Kier alpha value is -2.37. The Kier molecular flexibility index (Phi) is 5.49. The number of fused-ring (bicyclic) bond motifs is 1. The molecule has 3 nitrogen and oxygen atoms in total. The van der Waals surface area contributed by atoms with Crippen molar-refractivity contribution in [3.63, 3.8) is 0 Å². The van der Waals surface area contributed by atoms with E-state index in [1.54, 1.807) is 12.1 Å². The van der Waals surface area contributed by atoms with Gasteiger partial charge in [-0.25, -0.2) is 9.67 Å². The van der Waals surface area contributed by atoms with Crippen LogP contribution in [0, 0.1) is 0 Å². The van der Waals surface area contributed by atoms with E-state index in [0.717, 1.165) is 38.1 Å². The topological polar surface area (TPSA) is 30.7 Å². The minimum Gasteiger partial charge on any atom is -0.229 e. The largest absolute Gasteiger partial charge is 0.229 e. The van der Waals surface area contributed by atoms with E-state index in [4.69, 9.17) is 44.9 Å². The van der Waals surface area contributed by atoms with Gasteiger partial charge in [0.15, 0.2) is 5.65 Å². The summed E-state index contributed by atoms with van der Waals surface area (Å²) < 4.78 is 2.83. The highest BCUT2D eigenvalue weighted by molar-refractivity contribution is 9.10. The summed E-state index contributed by atoms with van der Waals surface area (Å²) in [4.78, 5) is 4.83. The van der Waals surface area contributed by atoms with E-state index in [0.29, 0.717) is 20.7 Å². The second kappa shape index (κ2) is 8.29. The molecule has 5 aromatic rings. The fourth-order valence-corrected chi connectivity index (χ4v) is 4.34. The molecule has 0 radical (unpaired) electrons. The van der Waals surface area contributed by atoms with Gasteiger partial charge in [-0.15, -0.1) is 5.10 Å². The van der Waals surface area contributed by atoms with Gasteiger partial charge < -0.3 is 0 Å². The molecule has 0 aliphatic heterocycles. The molecule has 5 rings (SSSR count). The molecule has 0 saturated heterocycles. The van der Waals surface area contributed by atoms with E-state index >= 15 is 0 Å². The molecule has 0 fully saturated rings. The summed E-state index contributed by atoms with van der Waals surface area (Å²) in [5, 5.41) is 7.46. The van der Waals surface area contributed by atoms with Crippen LogP contribution in [0.4, 0.5) is 0 Å². The van der Waals surface area contributed by atoms with E-state index in [2.05, 4.69) is 15.9 Å². The van der Waals surface area contributed by atoms with E-state index < -0.39 is 0 Å². The zero-order valence-corrected chi connectivity index (χ0v) is 19.7. The third-order valence-corrected chi connectivity index (χ3v) is 6.25. The lowest BCUT2D eigenvalue weighted by Gasteiger charge is -2.10. The summed E-state index contributed by atoms with van der Waals surface area (Å²) >= 11 is 22.2. The van der Waals surface area contributed by atoms with Crippen LogP contribution in [-0.2, 0) is 0 Å². The molecule has 0 bridgehead atoms. The van der Waals surface area contributed by atoms with Crippen LogP contribution in [0.15, 0.2) is 83.3 Å². The molecule has 0 unspecified atom stereocenters. The van der Waals surface area contributed by atoms with Gasteiger partial charge in [-0.3, -0.25) is 0 Å². The zero-order chi connectivity index (χ0) is 21.5. The van der Waals surface area contributed by atoms with Crippen LogP contribution in [0.1, 0.15) is 0 Å². The number of benzene rings is 3. The maximum absolute atomic E-state index is 6.53. The lowest BCUT2D eigenvalue weighted by atomic mass is 10.1. The lowest BCUT2D eigenvalue weighted by molar-refractivity contribution is 0.897. The van der Waals surface area contributed by atoms with Crippen molar-refractivity contribution >= 4 is 61.8 Å². The van der Waals surface area contributed by atoms with Gasteiger partial charge in [0.05, 0.1) is 22.1 Å². The molecule has 0 N–H and O–H groups in total. The molecule has 0 aliphatic rings. The van der Waals surface area contributed by atoms with E-state index in [1.165, 1.54) is 0 Å². The molecule has 3 aromatic carbocycles. The normalized spacial score (nSPS) is 11.2. The molecule has 2 heterocycles. The molecule has 0 saturated carbocycles. The van der Waals surface area contributed by atoms with Crippen molar-refractivity contribution in [2.45, 2.75) is 0 Å². The van der Waals surface area contributed by atoms with E-state index in [-0.39, 0.29) is 0 Å². The standard InChI is InChI=1S/C24H13BrCl3N3/c25-16-5-1-14(2-6-16)21-11-10-19-23(15-3-7-17(26)8-4-15)31(30-24(19)29-21)22-12-9-18(27)13-20(22)28/h1-13H. The number of aromatic nitrogens is 3. The molecule has 7 heteroatoms. The van der Waals surface area contributed by atoms with Crippen molar-refractivity contribution in [3.8, 4) is 28.2 Å². The average molecular weight is 530 g/mol. The lowest BCUT2D eigenvalue weighted by Crippen LogP contribution is -2.00. The van der Waals surface area contributed by atoms with Gasteiger partial charge in [0.2, 0.25) is 0 Å². The first-order valence-electron chi connectivity index (χ1n) is 9.37. The number of nitrogens with zero attached hydrogens (tertiary/aromatic N) is 3. The highest BCUT2D eigenvalue weighted by Crippen LogP contribution is 2.35. The van der Waals surface area contributed by atoms with E-state index in [9.17, 15) is 0 Å². The zero-order valence-electron chi connectivity index (χ0n) is 15.9. The fourth-order valence-electron chi connectivity index (χ4n) is 3.46. The SMILES string of the molecule is Clc1ccc(-c2c3ccc(-c4ccc(Br)cc4)nc3nn2-c2ccc(Cl)cc2Cl)cc1. The van der Waals surface area contributed by atoms with Gasteiger partial charge in [0, 0.05) is 31.0 Å². The third-order valence-electron chi connectivity index (χ3n) is 4.93. The number of pyridine rings is 1. The first-order chi connectivity index (χ1) is 15.0. The number of rotatable bonds is 3. The van der Waals surface area contributed by atoms with Gasteiger partial charge in [-0.2, -0.15) is 0 Å². The molecular formula is C24H13BrCl3N3. The summed E-state index contributed by atoms with van der Waals surface area (Å²) in [7, 11) is 0. The summed E-state index contributed by atoms with van der Waals surface area (Å²) in [5.74, 6) is 0. The maximum atomic E-state index is 6.53. The average Bonchev–Trinajstić information content (AvgIpc) is 3.13. The van der Waals surface area contributed by atoms with Crippen LogP contribution >= 0.6 is 50.7 Å². The van der Waals surface area contributed by atoms with Crippen molar-refractivity contribution in [1.82, 2.24) is 14.8 Å². The fraction of sp³-hybridized carbons (Fsp3) is 0. The van der Waals surface area contributed by atoms with Crippen LogP contribution in [0.2, 0.25) is 15.1 Å². The van der Waals surface area contributed by atoms with Crippen molar-refractivity contribution < 1.29 is 0 Å². The smallest absolute Gasteiger partial charge is 0.182 e. The summed E-state index contributed by atoms with van der Waals surface area (Å²) in [5.41, 5.74) is 5.03. The van der Waals surface area contributed by atoms with Crippen molar-refractivity contribution in [2.75, 3.05) is 0 Å². The second-order valence-electron chi connectivity index (χ2n) is 6.94. The van der Waals surface area contributed by atoms with Crippen LogP contribution < -0.4 is 0 Å². The first kappa shape index (κ1) is 20.5. The van der Waals surface area contributed by atoms with Crippen molar-refractivity contribution in [1.29, 1.82) is 0 Å². The summed E-state index contributed by atoms with van der Waals surface area (Å²) in [6.45, 7) is 0. The molecule has 0 atom stereocenters. The van der Waals surface area contributed by atoms with Gasteiger partial charge in [-0.05, 0) is 54.6 Å². The summed E-state index contributed by atoms with van der Waals surface area (Å²) in [6, 6.07) is 25.0. The second-order valence-corrected chi connectivity index (χ2v) is 9.13. The van der Waals surface area contributed by atoms with Gasteiger partial charge in [0.1, 0.15) is 0 Å². The quantitative estimate of drug-likeness (QED) is 0.235. The van der Waals surface area contributed by atoms with Gasteiger partial charge >= 0.3 is 0 Å². The number of halogens is 4. The molecule has 0 amide bonds. The Balaban J connectivity index is 1.76. The molecule has 152 valence electrons. The predicted octanol–water partition coefficient (Wildman–Crippen LogP) is 8.48. The highest BCUT2D eigenvalue weighted by atomic mass is 79.9. The first-order valence-corrected chi connectivity index (χ1v) is 11.3. The maximum Gasteiger partial charge on any atom is 0.182 e. The monoisotopic (exact) mass is 527 g/mol. The van der Waals surface area contributed by atoms with Crippen LogP contribution in [-0.4, -0.2) is 14.8 Å². The Bertz CT molecular complexity index is 1410. The predicted molar refractivity (Wildman–Crippen MR) is 132 cm³/mol. The van der Waals surface area contributed by atoms with Gasteiger partial charge in [-0.1, -0.05) is 75.0 Å². The molecule has 0 aliphatic carbocycles. The minimum atomic E-state index is 0.503.